The monoisotopic (exact) mass is 462 g/mol. The lowest BCUT2D eigenvalue weighted by atomic mass is 10.2. The van der Waals surface area contributed by atoms with Gasteiger partial charge in [0.15, 0.2) is 0 Å². The van der Waals surface area contributed by atoms with Crippen LogP contribution in [0, 0.1) is 0 Å². The summed E-state index contributed by atoms with van der Waals surface area (Å²) in [6, 6.07) is 10.7. The topological polar surface area (TPSA) is 83.6 Å². The summed E-state index contributed by atoms with van der Waals surface area (Å²) in [4.78, 5) is -0.159. The number of nitrogens with zero attached hydrogens (tertiary/aromatic N) is 1. The van der Waals surface area contributed by atoms with Crippen molar-refractivity contribution in [2.75, 3.05) is 17.8 Å². The van der Waals surface area contributed by atoms with Crippen LogP contribution < -0.4 is 4.72 Å². The van der Waals surface area contributed by atoms with E-state index in [0.717, 1.165) is 5.41 Å². The molecular formula is C18H20Cl2N2O4S2. The highest BCUT2D eigenvalue weighted by Crippen LogP contribution is 2.28. The molecule has 6 nitrogen and oxygen atoms in total. The number of anilines is 1. The molecule has 1 N–H and O–H groups in total. The second-order valence-corrected chi connectivity index (χ2v) is 9.99. The minimum absolute atomic E-state index is 0.0152. The van der Waals surface area contributed by atoms with Gasteiger partial charge in [-0.15, -0.1) is 0 Å². The fraction of sp³-hybridized carbons (Fsp3) is 0.222. The lowest BCUT2D eigenvalue weighted by molar-refractivity contribution is 0.445. The van der Waals surface area contributed by atoms with Crippen molar-refractivity contribution in [1.29, 1.82) is 0 Å². The Labute approximate surface area is 175 Å². The molecule has 0 aliphatic carbocycles. The molecule has 0 spiro atoms. The molecule has 2 aromatic rings. The normalized spacial score (nSPS) is 12.6. The highest BCUT2D eigenvalue weighted by atomic mass is 35.5. The van der Waals surface area contributed by atoms with Crippen LogP contribution in [0.15, 0.2) is 52.8 Å². The Morgan fingerprint density at radius 2 is 1.61 bits per heavy atom. The number of halogens is 2. The van der Waals surface area contributed by atoms with Crippen molar-refractivity contribution in [2.24, 2.45) is 0 Å². The molecule has 2 aromatic carbocycles. The van der Waals surface area contributed by atoms with E-state index < -0.39 is 20.0 Å². The van der Waals surface area contributed by atoms with Gasteiger partial charge in [0.25, 0.3) is 10.0 Å². The van der Waals surface area contributed by atoms with Crippen LogP contribution in [0.5, 0.6) is 0 Å². The van der Waals surface area contributed by atoms with E-state index in [1.54, 1.807) is 38.1 Å². The second-order valence-electron chi connectivity index (χ2n) is 5.71. The Kier molecular flexibility index (Phi) is 7.52. The molecule has 0 bridgehead atoms. The average Bonchev–Trinajstić information content (AvgIpc) is 2.63. The Balaban J connectivity index is 2.33. The number of hydrogen-bond donors (Lipinski definition) is 1. The molecule has 0 aliphatic rings. The largest absolute Gasteiger partial charge is 0.280 e. The van der Waals surface area contributed by atoms with E-state index in [0.29, 0.717) is 10.6 Å². The Morgan fingerprint density at radius 1 is 0.964 bits per heavy atom. The summed E-state index contributed by atoms with van der Waals surface area (Å²) in [6.45, 7) is 3.96. The molecule has 0 atom stereocenters. The highest BCUT2D eigenvalue weighted by Gasteiger charge is 2.25. The first-order chi connectivity index (χ1) is 13.1. The van der Waals surface area contributed by atoms with Crippen LogP contribution in [0.25, 0.3) is 6.08 Å². The van der Waals surface area contributed by atoms with E-state index in [9.17, 15) is 16.8 Å². The standard InChI is InChI=1S/C18H20Cl2N2O4S2/c1-3-22(4-2)28(25,26)18-13-15(9-10-17(18)20)21-27(23,24)12-11-14-7-5-6-8-16(14)19/h5-13,21H,3-4H2,1-2H3/b12-11+. The van der Waals surface area contributed by atoms with Crippen LogP contribution in [-0.4, -0.2) is 34.2 Å². The summed E-state index contributed by atoms with van der Waals surface area (Å²) in [5, 5.41) is 1.39. The maximum Gasteiger partial charge on any atom is 0.255 e. The minimum atomic E-state index is -3.90. The summed E-state index contributed by atoms with van der Waals surface area (Å²) < 4.78 is 53.7. The molecule has 0 saturated heterocycles. The quantitative estimate of drug-likeness (QED) is 0.628. The maximum absolute atomic E-state index is 12.7. The van der Waals surface area contributed by atoms with E-state index in [1.807, 2.05) is 0 Å². The average molecular weight is 463 g/mol. The predicted octanol–water partition coefficient (Wildman–Crippen LogP) is 4.44. The SMILES string of the molecule is CCN(CC)S(=O)(=O)c1cc(NS(=O)(=O)/C=C/c2ccccc2Cl)ccc1Cl. The van der Waals surface area contributed by atoms with Gasteiger partial charge in [-0.1, -0.05) is 55.2 Å². The number of sulfonamides is 2. The van der Waals surface area contributed by atoms with Crippen LogP contribution >= 0.6 is 23.2 Å². The predicted molar refractivity (Wildman–Crippen MR) is 115 cm³/mol. The van der Waals surface area contributed by atoms with Crippen molar-refractivity contribution in [3.05, 3.63) is 63.5 Å². The fourth-order valence-electron chi connectivity index (χ4n) is 2.44. The highest BCUT2D eigenvalue weighted by molar-refractivity contribution is 7.95. The van der Waals surface area contributed by atoms with Gasteiger partial charge in [-0.25, -0.2) is 16.8 Å². The van der Waals surface area contributed by atoms with Crippen LogP contribution in [0.3, 0.4) is 0 Å². The van der Waals surface area contributed by atoms with Crippen molar-refractivity contribution in [3.63, 3.8) is 0 Å². The molecule has 0 radical (unpaired) electrons. The zero-order valence-electron chi connectivity index (χ0n) is 15.3. The molecule has 0 unspecified atom stereocenters. The maximum atomic E-state index is 12.7. The number of benzene rings is 2. The van der Waals surface area contributed by atoms with E-state index in [1.165, 1.54) is 28.6 Å². The van der Waals surface area contributed by atoms with Crippen molar-refractivity contribution < 1.29 is 16.8 Å². The van der Waals surface area contributed by atoms with Crippen molar-refractivity contribution in [3.8, 4) is 0 Å². The third-order valence-electron chi connectivity index (χ3n) is 3.85. The first kappa shape index (κ1) is 22.7. The third-order valence-corrected chi connectivity index (χ3v) is 7.74. The molecule has 0 aliphatic heterocycles. The first-order valence-electron chi connectivity index (χ1n) is 8.36. The second kappa shape index (κ2) is 9.28. The van der Waals surface area contributed by atoms with Crippen LogP contribution in [0.1, 0.15) is 19.4 Å². The smallest absolute Gasteiger partial charge is 0.255 e. The van der Waals surface area contributed by atoms with Crippen LogP contribution in [0.4, 0.5) is 5.69 Å². The molecular weight excluding hydrogens is 443 g/mol. The van der Waals surface area contributed by atoms with Crippen LogP contribution in [-0.2, 0) is 20.0 Å². The summed E-state index contributed by atoms with van der Waals surface area (Å²) in [5.74, 6) is 0. The van der Waals surface area contributed by atoms with Gasteiger partial charge in [-0.05, 0) is 35.9 Å². The fourth-order valence-corrected chi connectivity index (χ4v) is 5.45. The zero-order valence-corrected chi connectivity index (χ0v) is 18.4. The first-order valence-corrected chi connectivity index (χ1v) is 12.1. The van der Waals surface area contributed by atoms with Crippen molar-refractivity contribution in [2.45, 2.75) is 18.7 Å². The Bertz CT molecular complexity index is 1080. The number of hydrogen-bond acceptors (Lipinski definition) is 4. The zero-order chi connectivity index (χ0) is 20.9. The van der Waals surface area contributed by atoms with E-state index in [4.69, 9.17) is 23.2 Å². The molecule has 0 heterocycles. The summed E-state index contributed by atoms with van der Waals surface area (Å²) in [5.41, 5.74) is 0.620. The molecule has 2 rings (SSSR count). The molecule has 0 amide bonds. The van der Waals surface area contributed by atoms with Gasteiger partial charge in [0, 0.05) is 18.1 Å². The number of rotatable bonds is 8. The molecule has 0 aromatic heterocycles. The molecule has 0 saturated carbocycles. The van der Waals surface area contributed by atoms with E-state index >= 15 is 0 Å². The van der Waals surface area contributed by atoms with Crippen molar-refractivity contribution in [1.82, 2.24) is 4.31 Å². The van der Waals surface area contributed by atoms with E-state index in [2.05, 4.69) is 4.72 Å². The lowest BCUT2D eigenvalue weighted by Crippen LogP contribution is -2.30. The van der Waals surface area contributed by atoms with Crippen LogP contribution in [0.2, 0.25) is 10.0 Å². The molecule has 152 valence electrons. The summed E-state index contributed by atoms with van der Waals surface area (Å²) in [7, 11) is -7.74. The molecule has 10 heteroatoms. The number of nitrogens with one attached hydrogen (secondary N) is 1. The van der Waals surface area contributed by atoms with Gasteiger partial charge in [0.05, 0.1) is 16.1 Å². The minimum Gasteiger partial charge on any atom is -0.280 e. The molecule has 0 fully saturated rings. The van der Waals surface area contributed by atoms with Crippen molar-refractivity contribution >= 4 is 55.0 Å². The summed E-state index contributed by atoms with van der Waals surface area (Å²) >= 11 is 12.1. The van der Waals surface area contributed by atoms with Gasteiger partial charge >= 0.3 is 0 Å². The molecule has 28 heavy (non-hydrogen) atoms. The summed E-state index contributed by atoms with van der Waals surface area (Å²) in [6.07, 6.45) is 1.36. The van der Waals surface area contributed by atoms with Gasteiger partial charge in [0.1, 0.15) is 4.90 Å². The van der Waals surface area contributed by atoms with Gasteiger partial charge in [0.2, 0.25) is 10.0 Å². The van der Waals surface area contributed by atoms with Gasteiger partial charge < -0.3 is 0 Å². The third kappa shape index (κ3) is 5.48. The van der Waals surface area contributed by atoms with E-state index in [-0.39, 0.29) is 28.7 Å². The lowest BCUT2D eigenvalue weighted by Gasteiger charge is -2.19. The van der Waals surface area contributed by atoms with Gasteiger partial charge in [-0.3, -0.25) is 4.72 Å². The Morgan fingerprint density at radius 3 is 2.21 bits per heavy atom. The Hall–Kier alpha value is -1.58. The van der Waals surface area contributed by atoms with Gasteiger partial charge in [-0.2, -0.15) is 4.31 Å².